The highest BCUT2D eigenvalue weighted by molar-refractivity contribution is 6.09. The van der Waals surface area contributed by atoms with E-state index >= 15 is 0 Å². The number of fused-ring (bicyclic) bond motifs is 3. The molecule has 0 unspecified atom stereocenters. The largest absolute Gasteiger partial charge is 0.404 e. The number of H-pyrrole nitrogens is 1. The SMILES string of the molecule is CC(C)(C#N)c1ccc(-n2c(=O)[nH]c(=O)c3cnc4ccc(/C(C=N)=C/N)nc4c32)cc1. The van der Waals surface area contributed by atoms with Crippen LogP contribution in [-0.4, -0.2) is 25.7 Å². The van der Waals surface area contributed by atoms with Gasteiger partial charge in [0.2, 0.25) is 0 Å². The first-order valence-corrected chi connectivity index (χ1v) is 9.70. The summed E-state index contributed by atoms with van der Waals surface area (Å²) in [5.74, 6) is 0. The predicted octanol–water partition coefficient (Wildman–Crippen LogP) is 2.37. The zero-order chi connectivity index (χ0) is 23.0. The monoisotopic (exact) mass is 425 g/mol. The van der Waals surface area contributed by atoms with Gasteiger partial charge in [-0.3, -0.25) is 19.3 Å². The highest BCUT2D eigenvalue weighted by atomic mass is 16.2. The van der Waals surface area contributed by atoms with E-state index < -0.39 is 16.7 Å². The molecular formula is C23H19N7O2. The quantitative estimate of drug-likeness (QED) is 0.337. The minimum absolute atomic E-state index is 0.191. The molecule has 32 heavy (non-hydrogen) atoms. The highest BCUT2D eigenvalue weighted by Gasteiger charge is 2.20. The van der Waals surface area contributed by atoms with Gasteiger partial charge in [-0.15, -0.1) is 0 Å². The van der Waals surface area contributed by atoms with Crippen LogP contribution in [-0.2, 0) is 5.41 Å². The number of hydrogen-bond acceptors (Lipinski definition) is 7. The average molecular weight is 425 g/mol. The number of allylic oxidation sites excluding steroid dienone is 1. The molecule has 0 aliphatic heterocycles. The van der Waals surface area contributed by atoms with Gasteiger partial charge in [0.1, 0.15) is 5.52 Å². The Morgan fingerprint density at radius 2 is 1.94 bits per heavy atom. The lowest BCUT2D eigenvalue weighted by molar-refractivity contribution is 0.686. The van der Waals surface area contributed by atoms with Crippen LogP contribution in [0.2, 0.25) is 0 Å². The number of nitrogens with zero attached hydrogens (tertiary/aromatic N) is 4. The van der Waals surface area contributed by atoms with Gasteiger partial charge in [-0.2, -0.15) is 5.26 Å². The summed E-state index contributed by atoms with van der Waals surface area (Å²) in [6.45, 7) is 3.61. The third kappa shape index (κ3) is 3.24. The minimum Gasteiger partial charge on any atom is -0.404 e. The third-order valence-corrected chi connectivity index (χ3v) is 5.34. The van der Waals surface area contributed by atoms with E-state index in [0.717, 1.165) is 11.8 Å². The third-order valence-electron chi connectivity index (χ3n) is 5.34. The second-order valence-corrected chi connectivity index (χ2v) is 7.73. The summed E-state index contributed by atoms with van der Waals surface area (Å²) in [5.41, 5.74) is 6.87. The van der Waals surface area contributed by atoms with Gasteiger partial charge in [-0.25, -0.2) is 9.78 Å². The normalized spacial score (nSPS) is 12.1. The van der Waals surface area contributed by atoms with E-state index in [1.165, 1.54) is 17.0 Å². The summed E-state index contributed by atoms with van der Waals surface area (Å²) in [4.78, 5) is 36.6. The molecule has 9 nitrogen and oxygen atoms in total. The van der Waals surface area contributed by atoms with Gasteiger partial charge in [0.05, 0.1) is 39.3 Å². The number of rotatable bonds is 4. The van der Waals surface area contributed by atoms with E-state index in [9.17, 15) is 14.9 Å². The van der Waals surface area contributed by atoms with Crippen molar-refractivity contribution in [3.8, 4) is 11.8 Å². The lowest BCUT2D eigenvalue weighted by Gasteiger charge is -2.17. The number of aromatic nitrogens is 4. The average Bonchev–Trinajstić information content (AvgIpc) is 2.80. The van der Waals surface area contributed by atoms with Gasteiger partial charge in [-0.1, -0.05) is 12.1 Å². The zero-order valence-electron chi connectivity index (χ0n) is 17.4. The fourth-order valence-electron chi connectivity index (χ4n) is 3.47. The van der Waals surface area contributed by atoms with Crippen LogP contribution in [0, 0.1) is 16.7 Å². The van der Waals surface area contributed by atoms with Crippen LogP contribution >= 0.6 is 0 Å². The molecule has 0 aliphatic carbocycles. The van der Waals surface area contributed by atoms with Crippen molar-refractivity contribution in [3.05, 3.63) is 80.9 Å². The van der Waals surface area contributed by atoms with Crippen LogP contribution in [0.3, 0.4) is 0 Å². The number of nitrogens with one attached hydrogen (secondary N) is 2. The molecule has 0 fully saturated rings. The Balaban J connectivity index is 2.10. The summed E-state index contributed by atoms with van der Waals surface area (Å²) in [7, 11) is 0. The van der Waals surface area contributed by atoms with Gasteiger partial charge >= 0.3 is 5.69 Å². The molecule has 0 atom stereocenters. The first kappa shape index (κ1) is 20.7. The van der Waals surface area contributed by atoms with E-state index in [1.807, 2.05) is 0 Å². The number of aromatic amines is 1. The molecule has 0 amide bonds. The predicted molar refractivity (Wildman–Crippen MR) is 123 cm³/mol. The van der Waals surface area contributed by atoms with E-state index in [4.69, 9.17) is 11.1 Å². The Morgan fingerprint density at radius 1 is 1.22 bits per heavy atom. The van der Waals surface area contributed by atoms with Gasteiger partial charge in [0.25, 0.3) is 5.56 Å². The van der Waals surface area contributed by atoms with Gasteiger partial charge in [0.15, 0.2) is 0 Å². The maximum Gasteiger partial charge on any atom is 0.333 e. The molecule has 0 bridgehead atoms. The molecule has 3 aromatic heterocycles. The van der Waals surface area contributed by atoms with Gasteiger partial charge < -0.3 is 11.1 Å². The second kappa shape index (κ2) is 7.59. The van der Waals surface area contributed by atoms with Crippen LogP contribution in [0.15, 0.2) is 58.4 Å². The van der Waals surface area contributed by atoms with Crippen LogP contribution in [0.25, 0.3) is 33.2 Å². The highest BCUT2D eigenvalue weighted by Crippen LogP contribution is 2.26. The Hall–Kier alpha value is -4.58. The topological polar surface area (TPSA) is 154 Å². The molecule has 9 heteroatoms. The summed E-state index contributed by atoms with van der Waals surface area (Å²) >= 11 is 0. The fraction of sp³-hybridized carbons (Fsp3) is 0.130. The van der Waals surface area contributed by atoms with Crippen molar-refractivity contribution >= 4 is 33.7 Å². The summed E-state index contributed by atoms with van der Waals surface area (Å²) in [6.07, 6.45) is 3.73. The summed E-state index contributed by atoms with van der Waals surface area (Å²) in [6, 6.07) is 12.6. The molecule has 0 radical (unpaired) electrons. The molecule has 4 N–H and O–H groups in total. The Kier molecular flexibility index (Phi) is 4.91. The maximum absolute atomic E-state index is 12.9. The second-order valence-electron chi connectivity index (χ2n) is 7.73. The molecule has 3 heterocycles. The first-order chi connectivity index (χ1) is 15.3. The molecule has 0 aliphatic rings. The van der Waals surface area contributed by atoms with E-state index in [1.54, 1.807) is 50.2 Å². The Bertz CT molecular complexity index is 1570. The molecule has 0 spiro atoms. The van der Waals surface area contributed by atoms with Crippen LogP contribution in [0.4, 0.5) is 0 Å². The lowest BCUT2D eigenvalue weighted by Crippen LogP contribution is -2.29. The molecule has 4 rings (SSSR count). The number of pyridine rings is 2. The van der Waals surface area contributed by atoms with Crippen molar-refractivity contribution in [3.63, 3.8) is 0 Å². The summed E-state index contributed by atoms with van der Waals surface area (Å²) in [5, 5.41) is 17.1. The summed E-state index contributed by atoms with van der Waals surface area (Å²) < 4.78 is 1.36. The number of benzene rings is 1. The number of hydrogen-bond donors (Lipinski definition) is 3. The molecule has 4 aromatic rings. The van der Waals surface area contributed by atoms with E-state index in [-0.39, 0.29) is 5.39 Å². The van der Waals surface area contributed by atoms with Crippen LogP contribution < -0.4 is 17.0 Å². The number of nitriles is 1. The van der Waals surface area contributed by atoms with E-state index in [0.29, 0.717) is 33.5 Å². The molecule has 158 valence electrons. The van der Waals surface area contributed by atoms with E-state index in [2.05, 4.69) is 21.0 Å². The van der Waals surface area contributed by atoms with Gasteiger partial charge in [0, 0.05) is 24.2 Å². The van der Waals surface area contributed by atoms with Crippen LogP contribution in [0.1, 0.15) is 25.1 Å². The molecule has 0 saturated carbocycles. The molecule has 0 saturated heterocycles. The first-order valence-electron chi connectivity index (χ1n) is 9.70. The van der Waals surface area contributed by atoms with Crippen LogP contribution in [0.5, 0.6) is 0 Å². The molecular weight excluding hydrogens is 406 g/mol. The van der Waals surface area contributed by atoms with Crippen molar-refractivity contribution < 1.29 is 0 Å². The molecule has 1 aromatic carbocycles. The van der Waals surface area contributed by atoms with Crippen molar-refractivity contribution in [1.82, 2.24) is 19.5 Å². The smallest absolute Gasteiger partial charge is 0.333 e. The van der Waals surface area contributed by atoms with Crippen molar-refractivity contribution in [2.45, 2.75) is 19.3 Å². The fourth-order valence-corrected chi connectivity index (χ4v) is 3.47. The maximum atomic E-state index is 12.9. The van der Waals surface area contributed by atoms with Crippen molar-refractivity contribution in [2.24, 2.45) is 5.73 Å². The van der Waals surface area contributed by atoms with Crippen molar-refractivity contribution in [1.29, 1.82) is 10.7 Å². The lowest BCUT2D eigenvalue weighted by atomic mass is 9.86. The van der Waals surface area contributed by atoms with Gasteiger partial charge in [-0.05, 0) is 43.7 Å². The van der Waals surface area contributed by atoms with Crippen molar-refractivity contribution in [2.75, 3.05) is 0 Å². The standard InChI is InChI=1S/C23H19N7O2/c1-23(2,12-26)14-3-5-15(6-4-14)30-20-16(21(31)29-22(30)32)11-27-18-8-7-17(28-19(18)20)13(9-24)10-25/h3-11,24H,25H2,1-2H3,(H,29,31,32)/b13-10+,24-9?. The number of nitrogens with two attached hydrogens (primary N) is 1. The Labute approximate surface area is 182 Å². The minimum atomic E-state index is -0.693. The Morgan fingerprint density at radius 3 is 2.56 bits per heavy atom. The zero-order valence-corrected chi connectivity index (χ0v) is 17.4.